The highest BCUT2D eigenvalue weighted by Gasteiger charge is 2.60. The summed E-state index contributed by atoms with van der Waals surface area (Å²) in [5.74, 6) is 0.127. The van der Waals surface area contributed by atoms with E-state index in [1.54, 1.807) is 0 Å². The van der Waals surface area contributed by atoms with E-state index in [9.17, 15) is 9.90 Å². The van der Waals surface area contributed by atoms with Gasteiger partial charge in [0.05, 0.1) is 6.10 Å². The van der Waals surface area contributed by atoms with Crippen LogP contribution in [0.5, 0.6) is 0 Å². The van der Waals surface area contributed by atoms with Crippen molar-refractivity contribution < 1.29 is 15.0 Å². The van der Waals surface area contributed by atoms with Gasteiger partial charge in [-0.2, -0.15) is 0 Å². The highest BCUT2D eigenvalue weighted by atomic mass is 16.4. The van der Waals surface area contributed by atoms with E-state index in [1.165, 1.54) is 96.3 Å². The Labute approximate surface area is 193 Å². The van der Waals surface area contributed by atoms with Gasteiger partial charge in [-0.15, -0.1) is 0 Å². The monoisotopic (exact) mass is 438 g/mol. The van der Waals surface area contributed by atoms with Crippen molar-refractivity contribution in [2.24, 2.45) is 16.7 Å². The molecule has 2 fully saturated rings. The minimum atomic E-state index is -0.653. The number of aliphatic hydroxyl groups is 1. The fourth-order valence-electron chi connectivity index (χ4n) is 5.81. The average Bonchev–Trinajstić information content (AvgIpc) is 3.04. The van der Waals surface area contributed by atoms with Gasteiger partial charge in [0.1, 0.15) is 0 Å². The third-order valence-corrected chi connectivity index (χ3v) is 8.74. The van der Waals surface area contributed by atoms with E-state index in [2.05, 4.69) is 27.7 Å². The van der Waals surface area contributed by atoms with Gasteiger partial charge in [0.25, 0.3) is 0 Å². The van der Waals surface area contributed by atoms with Gasteiger partial charge in [0, 0.05) is 6.42 Å². The molecule has 2 bridgehead atoms. The highest BCUT2D eigenvalue weighted by molar-refractivity contribution is 5.66. The summed E-state index contributed by atoms with van der Waals surface area (Å²) in [6.07, 6.45) is 23.8. The molecule has 0 spiro atoms. The summed E-state index contributed by atoms with van der Waals surface area (Å²) in [7, 11) is 0. The van der Waals surface area contributed by atoms with E-state index in [0.717, 1.165) is 25.2 Å². The molecule has 2 N–H and O–H groups in total. The number of carboxylic acid groups (broad SMARTS) is 1. The predicted molar refractivity (Wildman–Crippen MR) is 132 cm³/mol. The lowest BCUT2D eigenvalue weighted by molar-refractivity contribution is -0.137. The van der Waals surface area contributed by atoms with Crippen LogP contribution in [0.15, 0.2) is 0 Å². The third-order valence-electron chi connectivity index (χ3n) is 8.74. The Morgan fingerprint density at radius 2 is 1.19 bits per heavy atom. The second-order valence-electron chi connectivity index (χ2n) is 11.2. The zero-order chi connectivity index (χ0) is 23.2. The number of carbonyl (C=O) groups is 1. The Bertz CT molecular complexity index is 473. The molecule has 3 atom stereocenters. The van der Waals surface area contributed by atoms with Crippen molar-refractivity contribution in [1.82, 2.24) is 0 Å². The maximum atomic E-state index is 10.3. The topological polar surface area (TPSA) is 57.5 Å². The number of fused-ring (bicyclic) bond motifs is 2. The summed E-state index contributed by atoms with van der Waals surface area (Å²) in [6.45, 7) is 9.17. The molecule has 0 aromatic heterocycles. The van der Waals surface area contributed by atoms with E-state index in [-0.39, 0.29) is 11.5 Å². The number of unbranched alkanes of at least 4 members (excludes halogenated alkanes) is 14. The van der Waals surface area contributed by atoms with E-state index in [0.29, 0.717) is 11.8 Å². The molecule has 0 amide bonds. The zero-order valence-corrected chi connectivity index (χ0v) is 21.4. The van der Waals surface area contributed by atoms with Crippen LogP contribution in [-0.2, 0) is 4.79 Å². The molecule has 0 aromatic carbocycles. The molecule has 2 rings (SSSR count). The molecular weight excluding hydrogens is 384 g/mol. The Kier molecular flexibility index (Phi) is 14.0. The smallest absolute Gasteiger partial charge is 0.303 e. The summed E-state index contributed by atoms with van der Waals surface area (Å²) in [5.41, 5.74) is 0.601. The van der Waals surface area contributed by atoms with Crippen molar-refractivity contribution in [2.45, 2.75) is 156 Å². The summed E-state index contributed by atoms with van der Waals surface area (Å²) >= 11 is 0. The maximum Gasteiger partial charge on any atom is 0.303 e. The molecule has 2 aliphatic carbocycles. The molecule has 0 radical (unpaired) electrons. The molecule has 0 saturated heterocycles. The number of rotatable bonds is 16. The van der Waals surface area contributed by atoms with Crippen LogP contribution in [-0.4, -0.2) is 22.3 Å². The molecular formula is C28H54O3. The minimum Gasteiger partial charge on any atom is -0.481 e. The van der Waals surface area contributed by atoms with Crippen LogP contribution in [0.2, 0.25) is 0 Å². The Balaban J connectivity index is 0.000000361. The lowest BCUT2D eigenvalue weighted by atomic mass is 9.70. The van der Waals surface area contributed by atoms with Gasteiger partial charge < -0.3 is 10.2 Å². The molecule has 2 aliphatic rings. The van der Waals surface area contributed by atoms with Gasteiger partial charge in [-0.1, -0.05) is 118 Å². The first-order valence-electron chi connectivity index (χ1n) is 13.7. The second-order valence-corrected chi connectivity index (χ2v) is 11.2. The standard InChI is InChI=1S/C18H36O2.C10H18O/c1-2-3-4-5-6-7-8-9-10-11-12-13-14-15-16-17-18(19)20;1-9(2)7-4-5-10(9,3)8(11)6-7/h2-17H2,1H3,(H,19,20);7-8,11H,4-6H2,1-3H3. The number of hydrogen-bond acceptors (Lipinski definition) is 2. The fraction of sp³-hybridized carbons (Fsp3) is 0.964. The van der Waals surface area contributed by atoms with Gasteiger partial charge in [-0.05, 0) is 42.4 Å². The van der Waals surface area contributed by atoms with E-state index in [4.69, 9.17) is 5.11 Å². The molecule has 2 saturated carbocycles. The third kappa shape index (κ3) is 9.84. The SMILES string of the molecule is CC1(C)C2CCC1(C)C(O)C2.CCCCCCCCCCCCCCCCCC(=O)O. The minimum absolute atomic E-state index is 0.0313. The largest absolute Gasteiger partial charge is 0.481 e. The van der Waals surface area contributed by atoms with E-state index < -0.39 is 5.97 Å². The first kappa shape index (κ1) is 28.5. The number of carboxylic acids is 1. The van der Waals surface area contributed by atoms with Gasteiger partial charge in [0.2, 0.25) is 0 Å². The Hall–Kier alpha value is -0.570. The van der Waals surface area contributed by atoms with Crippen molar-refractivity contribution in [3.63, 3.8) is 0 Å². The van der Waals surface area contributed by atoms with Crippen LogP contribution in [0.1, 0.15) is 150 Å². The lowest BCUT2D eigenvalue weighted by Crippen LogP contribution is -2.35. The van der Waals surface area contributed by atoms with Crippen LogP contribution in [0.3, 0.4) is 0 Å². The molecule has 3 nitrogen and oxygen atoms in total. The summed E-state index contributed by atoms with van der Waals surface area (Å²) < 4.78 is 0. The quantitative estimate of drug-likeness (QED) is 0.237. The maximum absolute atomic E-state index is 10.3. The molecule has 31 heavy (non-hydrogen) atoms. The van der Waals surface area contributed by atoms with Crippen molar-refractivity contribution in [3.8, 4) is 0 Å². The summed E-state index contributed by atoms with van der Waals surface area (Å²) in [5, 5.41) is 18.3. The van der Waals surface area contributed by atoms with Crippen LogP contribution in [0, 0.1) is 16.7 Å². The fourth-order valence-corrected chi connectivity index (χ4v) is 5.81. The van der Waals surface area contributed by atoms with Crippen LogP contribution >= 0.6 is 0 Å². The molecule has 3 heteroatoms. The van der Waals surface area contributed by atoms with Gasteiger partial charge in [-0.25, -0.2) is 0 Å². The number of aliphatic carboxylic acids is 1. The van der Waals surface area contributed by atoms with Crippen molar-refractivity contribution in [1.29, 1.82) is 0 Å². The molecule has 0 aliphatic heterocycles. The molecule has 184 valence electrons. The average molecular weight is 439 g/mol. The van der Waals surface area contributed by atoms with Gasteiger partial charge in [-0.3, -0.25) is 4.79 Å². The normalized spacial score (nSPS) is 26.0. The Morgan fingerprint density at radius 3 is 1.45 bits per heavy atom. The van der Waals surface area contributed by atoms with Crippen molar-refractivity contribution >= 4 is 5.97 Å². The van der Waals surface area contributed by atoms with Crippen LogP contribution < -0.4 is 0 Å². The summed E-state index contributed by atoms with van der Waals surface area (Å²) in [6, 6.07) is 0. The highest BCUT2D eigenvalue weighted by Crippen LogP contribution is 2.65. The predicted octanol–water partition coefficient (Wildman–Crippen LogP) is 8.53. The lowest BCUT2D eigenvalue weighted by Gasteiger charge is -2.36. The number of aliphatic hydroxyl groups excluding tert-OH is 1. The second kappa shape index (κ2) is 15.3. The molecule has 0 heterocycles. The number of hydrogen-bond donors (Lipinski definition) is 2. The van der Waals surface area contributed by atoms with Crippen LogP contribution in [0.4, 0.5) is 0 Å². The molecule has 0 aromatic rings. The van der Waals surface area contributed by atoms with Gasteiger partial charge >= 0.3 is 5.97 Å². The van der Waals surface area contributed by atoms with Gasteiger partial charge in [0.15, 0.2) is 0 Å². The van der Waals surface area contributed by atoms with E-state index in [1.807, 2.05) is 0 Å². The first-order chi connectivity index (χ1) is 14.8. The van der Waals surface area contributed by atoms with Crippen LogP contribution in [0.25, 0.3) is 0 Å². The zero-order valence-electron chi connectivity index (χ0n) is 21.4. The molecule has 3 unspecified atom stereocenters. The Morgan fingerprint density at radius 1 is 0.774 bits per heavy atom. The first-order valence-corrected chi connectivity index (χ1v) is 13.7. The van der Waals surface area contributed by atoms with E-state index >= 15 is 0 Å². The summed E-state index contributed by atoms with van der Waals surface area (Å²) in [4.78, 5) is 10.3. The van der Waals surface area contributed by atoms with Crippen molar-refractivity contribution in [3.05, 3.63) is 0 Å². The van der Waals surface area contributed by atoms with Crippen molar-refractivity contribution in [2.75, 3.05) is 0 Å².